The monoisotopic (exact) mass is 528 g/mol. The second-order valence-corrected chi connectivity index (χ2v) is 10.4. The second-order valence-electron chi connectivity index (χ2n) is 10.4. The molecule has 2 heterocycles. The van der Waals surface area contributed by atoms with Crippen LogP contribution in [0.15, 0.2) is 70.4 Å². The van der Waals surface area contributed by atoms with Crippen LogP contribution < -0.4 is 11.2 Å². The highest BCUT2D eigenvalue weighted by Gasteiger charge is 2.35. The number of ether oxygens (including phenoxy) is 2. The zero-order chi connectivity index (χ0) is 26.9. The molecule has 6 rings (SSSR count). The normalized spacial score (nSPS) is 19.6. The molecule has 1 fully saturated rings. The van der Waals surface area contributed by atoms with E-state index in [1.165, 1.54) is 48.6 Å². The highest BCUT2D eigenvalue weighted by molar-refractivity contribution is 6.23. The van der Waals surface area contributed by atoms with Gasteiger partial charge in [-0.3, -0.25) is 14.3 Å². The molecule has 1 aliphatic rings. The van der Waals surface area contributed by atoms with E-state index in [4.69, 9.17) is 9.47 Å². The summed E-state index contributed by atoms with van der Waals surface area (Å²) in [6.45, 7) is 0.230. The number of benzene rings is 4. The van der Waals surface area contributed by atoms with Gasteiger partial charge in [0.05, 0.1) is 24.9 Å². The summed E-state index contributed by atoms with van der Waals surface area (Å²) in [7, 11) is 0. The molecule has 4 aromatic carbocycles. The van der Waals surface area contributed by atoms with Gasteiger partial charge in [0.1, 0.15) is 12.3 Å². The molecule has 8 heteroatoms. The Morgan fingerprint density at radius 2 is 1.67 bits per heavy atom. The smallest absolute Gasteiger partial charge is 0.330 e. The van der Waals surface area contributed by atoms with Crippen LogP contribution in [0.3, 0.4) is 0 Å². The lowest BCUT2D eigenvalue weighted by molar-refractivity contribution is -0.0461. The average molecular weight is 529 g/mol. The van der Waals surface area contributed by atoms with Gasteiger partial charge < -0.3 is 19.7 Å². The highest BCUT2D eigenvalue weighted by Crippen LogP contribution is 2.36. The first-order chi connectivity index (χ1) is 19.0. The van der Waals surface area contributed by atoms with E-state index in [9.17, 15) is 19.8 Å². The van der Waals surface area contributed by atoms with Crippen LogP contribution >= 0.6 is 0 Å². The van der Waals surface area contributed by atoms with Gasteiger partial charge in [0.25, 0.3) is 5.56 Å². The quantitative estimate of drug-likeness (QED) is 0.187. The van der Waals surface area contributed by atoms with Gasteiger partial charge in [-0.2, -0.15) is 0 Å². The van der Waals surface area contributed by atoms with Gasteiger partial charge in [-0.15, -0.1) is 0 Å². The number of H-pyrrole nitrogens is 1. The molecule has 5 aromatic rings. The number of rotatable bonds is 10. The predicted molar refractivity (Wildman–Crippen MR) is 150 cm³/mol. The molecule has 1 aromatic heterocycles. The lowest BCUT2D eigenvalue weighted by atomic mass is 9.90. The first-order valence-electron chi connectivity index (χ1n) is 13.6. The summed E-state index contributed by atoms with van der Waals surface area (Å²) in [5.41, 5.74) is 0.556. The van der Waals surface area contributed by atoms with E-state index in [-0.39, 0.29) is 19.6 Å². The summed E-state index contributed by atoms with van der Waals surface area (Å²) in [6.07, 6.45) is 3.08. The first kappa shape index (κ1) is 25.7. The number of aromatic amines is 1. The maximum Gasteiger partial charge on any atom is 0.330 e. The van der Waals surface area contributed by atoms with Crippen LogP contribution in [0.25, 0.3) is 32.3 Å². The van der Waals surface area contributed by atoms with E-state index in [2.05, 4.69) is 59.6 Å². The van der Waals surface area contributed by atoms with Crippen LogP contribution in [0.2, 0.25) is 0 Å². The number of aliphatic hydroxyl groups is 2. The zero-order valence-corrected chi connectivity index (χ0v) is 21.6. The van der Waals surface area contributed by atoms with E-state index < -0.39 is 29.7 Å². The Morgan fingerprint density at radius 3 is 2.44 bits per heavy atom. The minimum atomic E-state index is -0.875. The molecule has 0 spiro atoms. The Bertz CT molecular complexity index is 1710. The molecule has 3 atom stereocenters. The van der Waals surface area contributed by atoms with Crippen LogP contribution in [-0.2, 0) is 22.5 Å². The minimum absolute atomic E-state index is 0.0728. The highest BCUT2D eigenvalue weighted by atomic mass is 16.5. The fourth-order valence-corrected chi connectivity index (χ4v) is 5.79. The predicted octanol–water partition coefficient (Wildman–Crippen LogP) is 4.00. The molecule has 8 nitrogen and oxygen atoms in total. The maximum atomic E-state index is 12.3. The summed E-state index contributed by atoms with van der Waals surface area (Å²) >= 11 is 0. The molecule has 0 saturated carbocycles. The van der Waals surface area contributed by atoms with Gasteiger partial charge in [0, 0.05) is 19.2 Å². The zero-order valence-electron chi connectivity index (χ0n) is 21.6. The number of aryl methyl sites for hydroxylation is 1. The van der Waals surface area contributed by atoms with Gasteiger partial charge in [-0.05, 0) is 57.1 Å². The Hall–Kier alpha value is -3.56. The third kappa shape index (κ3) is 4.96. The third-order valence-corrected chi connectivity index (χ3v) is 7.85. The largest absolute Gasteiger partial charge is 0.394 e. The second kappa shape index (κ2) is 10.9. The van der Waals surface area contributed by atoms with Crippen LogP contribution in [0, 0.1) is 0 Å². The lowest BCUT2D eigenvalue weighted by Gasteiger charge is -2.15. The van der Waals surface area contributed by atoms with Crippen LogP contribution in [0.1, 0.15) is 43.0 Å². The summed E-state index contributed by atoms with van der Waals surface area (Å²) in [5.74, 6) is 0. The Morgan fingerprint density at radius 1 is 0.923 bits per heavy atom. The SMILES string of the molecule is O=c1[nH]c(=O)n(C2C[C@H](O)C(CO)O2)cc1COCCCCCc1ccc2ccc3cccc4ccc1c2c34. The first-order valence-corrected chi connectivity index (χ1v) is 13.6. The summed E-state index contributed by atoms with van der Waals surface area (Å²) in [6, 6.07) is 19.8. The Kier molecular flexibility index (Phi) is 7.18. The fourth-order valence-electron chi connectivity index (χ4n) is 5.79. The Balaban J connectivity index is 1.03. The van der Waals surface area contributed by atoms with Gasteiger partial charge in [-0.1, -0.05) is 61.0 Å². The maximum absolute atomic E-state index is 12.3. The standard InChI is InChI=1S/C31H32N2O6/c34-17-26-25(35)15-27(39-26)33-16-23(30(36)32-31(33)37)18-38-14-3-1-2-5-19-8-9-22-11-10-20-6-4-7-21-12-13-24(19)29(22)28(20)21/h4,6-13,16,25-27,34-35H,1-3,5,14-15,17-18H2,(H,32,36,37)/t25-,26?,27?/m0/s1. The van der Waals surface area contributed by atoms with Crippen LogP contribution in [0.5, 0.6) is 0 Å². The van der Waals surface area contributed by atoms with E-state index in [0.29, 0.717) is 12.2 Å². The van der Waals surface area contributed by atoms with Crippen molar-refractivity contribution in [1.82, 2.24) is 9.55 Å². The molecular formula is C31H32N2O6. The molecule has 1 saturated heterocycles. The molecule has 1 aliphatic heterocycles. The molecule has 0 amide bonds. The molecule has 39 heavy (non-hydrogen) atoms. The van der Waals surface area contributed by atoms with Crippen LogP contribution in [-0.4, -0.2) is 45.2 Å². The van der Waals surface area contributed by atoms with E-state index in [0.717, 1.165) is 25.7 Å². The number of aromatic nitrogens is 2. The van der Waals surface area contributed by atoms with Gasteiger partial charge >= 0.3 is 5.69 Å². The van der Waals surface area contributed by atoms with Crippen molar-refractivity contribution < 1.29 is 19.7 Å². The van der Waals surface area contributed by atoms with E-state index in [1.54, 1.807) is 0 Å². The van der Waals surface area contributed by atoms with Crippen molar-refractivity contribution in [1.29, 1.82) is 0 Å². The molecule has 0 radical (unpaired) electrons. The molecule has 2 unspecified atom stereocenters. The molecule has 202 valence electrons. The number of hydrogen-bond acceptors (Lipinski definition) is 6. The van der Waals surface area contributed by atoms with Gasteiger partial charge in [-0.25, -0.2) is 4.79 Å². The van der Waals surface area contributed by atoms with E-state index >= 15 is 0 Å². The van der Waals surface area contributed by atoms with Gasteiger partial charge in [0.15, 0.2) is 0 Å². The van der Waals surface area contributed by atoms with Crippen molar-refractivity contribution >= 4 is 32.3 Å². The molecule has 0 aliphatic carbocycles. The van der Waals surface area contributed by atoms with Crippen LogP contribution in [0.4, 0.5) is 0 Å². The summed E-state index contributed by atoms with van der Waals surface area (Å²) in [4.78, 5) is 26.8. The Labute approximate surface area is 224 Å². The number of aliphatic hydroxyl groups excluding tert-OH is 2. The minimum Gasteiger partial charge on any atom is -0.394 e. The van der Waals surface area contributed by atoms with Crippen molar-refractivity contribution in [2.24, 2.45) is 0 Å². The van der Waals surface area contributed by atoms with Crippen molar-refractivity contribution in [2.45, 2.75) is 57.1 Å². The third-order valence-electron chi connectivity index (χ3n) is 7.85. The lowest BCUT2D eigenvalue weighted by Crippen LogP contribution is -2.34. The topological polar surface area (TPSA) is 114 Å². The van der Waals surface area contributed by atoms with Gasteiger partial charge in [0.2, 0.25) is 0 Å². The molecule has 0 bridgehead atoms. The number of hydrogen-bond donors (Lipinski definition) is 3. The number of nitrogens with one attached hydrogen (secondary N) is 1. The van der Waals surface area contributed by atoms with Crippen molar-refractivity contribution in [3.05, 3.63) is 92.8 Å². The van der Waals surface area contributed by atoms with Crippen molar-refractivity contribution in [3.63, 3.8) is 0 Å². The average Bonchev–Trinajstić information content (AvgIpc) is 3.32. The molecular weight excluding hydrogens is 496 g/mol. The van der Waals surface area contributed by atoms with E-state index in [1.807, 2.05) is 0 Å². The fraction of sp³-hybridized carbons (Fsp3) is 0.355. The number of unbranched alkanes of at least 4 members (excludes halogenated alkanes) is 2. The summed E-state index contributed by atoms with van der Waals surface area (Å²) < 4.78 is 12.6. The van der Waals surface area contributed by atoms with Crippen molar-refractivity contribution in [3.8, 4) is 0 Å². The van der Waals surface area contributed by atoms with Crippen molar-refractivity contribution in [2.75, 3.05) is 13.2 Å². The molecule has 3 N–H and O–H groups in total. The number of nitrogens with zero attached hydrogens (tertiary/aromatic N) is 1. The summed E-state index contributed by atoms with van der Waals surface area (Å²) in [5, 5.41) is 27.1.